The number of hydrogen-bond acceptors (Lipinski definition) is 8. The van der Waals surface area contributed by atoms with Crippen molar-refractivity contribution in [3.8, 4) is 5.75 Å². The first kappa shape index (κ1) is 25.3. The lowest BCUT2D eigenvalue weighted by atomic mass is 9.87. The van der Waals surface area contributed by atoms with E-state index >= 15 is 0 Å². The maximum atomic E-state index is 10.7. The van der Waals surface area contributed by atoms with Gasteiger partial charge in [-0.05, 0) is 41.8 Å². The van der Waals surface area contributed by atoms with Crippen LogP contribution in [0.3, 0.4) is 0 Å². The summed E-state index contributed by atoms with van der Waals surface area (Å²) in [6.45, 7) is 0.876. The molecule has 2 heterocycles. The largest absolute Gasteiger partial charge is 0.490 e. The van der Waals surface area contributed by atoms with E-state index in [0.717, 1.165) is 29.7 Å². The number of methoxy groups -OCH3 is 1. The van der Waals surface area contributed by atoms with Crippen molar-refractivity contribution in [2.45, 2.75) is 55.6 Å². The van der Waals surface area contributed by atoms with Gasteiger partial charge < -0.3 is 39.4 Å². The Hall–Kier alpha value is -1.75. The Morgan fingerprint density at radius 1 is 1.03 bits per heavy atom. The molecule has 2 aliphatic rings. The van der Waals surface area contributed by atoms with Gasteiger partial charge in [-0.1, -0.05) is 29.8 Å². The summed E-state index contributed by atoms with van der Waals surface area (Å²) in [6.07, 6.45) is -3.36. The molecule has 0 aromatic heterocycles. The van der Waals surface area contributed by atoms with Gasteiger partial charge in [-0.2, -0.15) is 0 Å². The first-order chi connectivity index (χ1) is 16.4. The van der Waals surface area contributed by atoms with Gasteiger partial charge in [-0.15, -0.1) is 0 Å². The van der Waals surface area contributed by atoms with Crippen molar-refractivity contribution >= 4 is 11.6 Å². The van der Waals surface area contributed by atoms with Gasteiger partial charge >= 0.3 is 0 Å². The van der Waals surface area contributed by atoms with E-state index in [9.17, 15) is 20.4 Å². The fourth-order valence-corrected chi connectivity index (χ4v) is 4.67. The van der Waals surface area contributed by atoms with E-state index in [-0.39, 0.29) is 6.10 Å². The van der Waals surface area contributed by atoms with Crippen molar-refractivity contribution in [2.24, 2.45) is 0 Å². The fraction of sp³-hybridized carbons (Fsp3) is 0.520. The van der Waals surface area contributed by atoms with Crippen molar-refractivity contribution in [3.63, 3.8) is 0 Å². The molecule has 0 saturated carbocycles. The number of halogens is 1. The highest BCUT2D eigenvalue weighted by Gasteiger charge is 2.55. The number of benzene rings is 2. The van der Waals surface area contributed by atoms with E-state index in [0.29, 0.717) is 30.2 Å². The molecule has 0 spiro atoms. The smallest absolute Gasteiger partial charge is 0.224 e. The molecule has 0 amide bonds. The van der Waals surface area contributed by atoms with Crippen LogP contribution in [0.5, 0.6) is 5.75 Å². The van der Waals surface area contributed by atoms with E-state index in [2.05, 4.69) is 0 Å². The van der Waals surface area contributed by atoms with Crippen molar-refractivity contribution < 1.29 is 39.4 Å². The summed E-state index contributed by atoms with van der Waals surface area (Å²) < 4.78 is 22.7. The number of hydrogen-bond donors (Lipinski definition) is 4. The summed E-state index contributed by atoms with van der Waals surface area (Å²) in [6, 6.07) is 12.8. The summed E-state index contributed by atoms with van der Waals surface area (Å²) in [5.74, 6) is -0.984. The van der Waals surface area contributed by atoms with Crippen LogP contribution in [0.25, 0.3) is 0 Å². The molecule has 0 radical (unpaired) electrons. The van der Waals surface area contributed by atoms with Crippen LogP contribution >= 0.6 is 11.6 Å². The Balaban J connectivity index is 1.54. The van der Waals surface area contributed by atoms with Crippen LogP contribution in [0.1, 0.15) is 29.5 Å². The molecule has 2 aromatic carbocycles. The number of ether oxygens (including phenoxy) is 4. The molecule has 34 heavy (non-hydrogen) atoms. The molecule has 0 bridgehead atoms. The van der Waals surface area contributed by atoms with Gasteiger partial charge in [-0.25, -0.2) is 0 Å². The van der Waals surface area contributed by atoms with Crippen LogP contribution in [-0.4, -0.2) is 77.9 Å². The average molecular weight is 495 g/mol. The van der Waals surface area contributed by atoms with Crippen LogP contribution in [0.4, 0.5) is 0 Å². The highest BCUT2D eigenvalue weighted by Crippen LogP contribution is 2.40. The van der Waals surface area contributed by atoms with Crippen molar-refractivity contribution in [3.05, 3.63) is 64.2 Å². The minimum atomic E-state index is -1.78. The van der Waals surface area contributed by atoms with E-state index in [1.165, 1.54) is 7.11 Å². The maximum Gasteiger partial charge on any atom is 0.224 e. The third-order valence-electron chi connectivity index (χ3n) is 6.49. The maximum absolute atomic E-state index is 10.7. The highest BCUT2D eigenvalue weighted by molar-refractivity contribution is 6.31. The normalized spacial score (nSPS) is 30.3. The second-order valence-electron chi connectivity index (χ2n) is 8.69. The zero-order valence-electron chi connectivity index (χ0n) is 19.0. The van der Waals surface area contributed by atoms with Gasteiger partial charge in [0.2, 0.25) is 5.79 Å². The van der Waals surface area contributed by atoms with Crippen molar-refractivity contribution in [2.75, 3.05) is 26.9 Å². The zero-order chi connectivity index (χ0) is 24.3. The predicted molar refractivity (Wildman–Crippen MR) is 124 cm³/mol. The molecule has 2 fully saturated rings. The van der Waals surface area contributed by atoms with E-state index < -0.39 is 36.8 Å². The fourth-order valence-electron chi connectivity index (χ4n) is 4.49. The molecule has 4 rings (SSSR count). The molecule has 2 aromatic rings. The Kier molecular flexibility index (Phi) is 8.12. The van der Waals surface area contributed by atoms with Gasteiger partial charge in [0.1, 0.15) is 36.3 Å². The SMILES string of the molecule is COC1(c2ccc(Cl)c(Cc3ccc(OC4CCOCC4)cc3)c2)O[C@H](CO)[C@@H](O)[C@H](O)[C@H]1O. The Morgan fingerprint density at radius 3 is 2.38 bits per heavy atom. The zero-order valence-corrected chi connectivity index (χ0v) is 19.7. The third kappa shape index (κ3) is 5.10. The predicted octanol–water partition coefficient (Wildman–Crippen LogP) is 1.76. The lowest BCUT2D eigenvalue weighted by Crippen LogP contribution is -2.64. The summed E-state index contributed by atoms with van der Waals surface area (Å²) in [4.78, 5) is 0. The Bertz CT molecular complexity index is 946. The van der Waals surface area contributed by atoms with Gasteiger partial charge in [0.15, 0.2) is 0 Å². The standard InChI is InChI=1S/C25H31ClO8/c1-31-25(24(30)23(29)22(28)21(14-27)34-25)17-4-7-20(26)16(13-17)12-15-2-5-18(6-3-15)33-19-8-10-32-11-9-19/h2-7,13,19,21-24,27-30H,8-12,14H2,1H3/t21-,22-,23+,24-,25?/m1/s1. The molecule has 0 aliphatic carbocycles. The number of aliphatic hydroxyl groups is 4. The molecule has 1 unspecified atom stereocenters. The van der Waals surface area contributed by atoms with Crippen molar-refractivity contribution in [1.29, 1.82) is 0 Å². The van der Waals surface area contributed by atoms with Gasteiger partial charge in [0.25, 0.3) is 0 Å². The van der Waals surface area contributed by atoms with Gasteiger partial charge in [0.05, 0.1) is 19.8 Å². The molecule has 9 heteroatoms. The van der Waals surface area contributed by atoms with Crippen LogP contribution in [0.15, 0.2) is 42.5 Å². The van der Waals surface area contributed by atoms with Crippen LogP contribution in [0, 0.1) is 0 Å². The minimum absolute atomic E-state index is 0.162. The van der Waals surface area contributed by atoms with E-state index in [1.54, 1.807) is 18.2 Å². The van der Waals surface area contributed by atoms with Gasteiger partial charge in [0, 0.05) is 30.5 Å². The van der Waals surface area contributed by atoms with E-state index in [4.69, 9.17) is 30.5 Å². The average Bonchev–Trinajstić information content (AvgIpc) is 2.86. The lowest BCUT2D eigenvalue weighted by molar-refractivity contribution is -0.366. The monoisotopic (exact) mass is 494 g/mol. The first-order valence-electron chi connectivity index (χ1n) is 11.4. The number of rotatable bonds is 7. The molecule has 2 saturated heterocycles. The van der Waals surface area contributed by atoms with Crippen LogP contribution in [-0.2, 0) is 26.4 Å². The second kappa shape index (κ2) is 10.9. The summed E-state index contributed by atoms with van der Waals surface area (Å²) in [7, 11) is 1.33. The summed E-state index contributed by atoms with van der Waals surface area (Å²) in [5, 5.41) is 41.3. The van der Waals surface area contributed by atoms with Gasteiger partial charge in [-0.3, -0.25) is 0 Å². The Labute approximate surface area is 203 Å². The second-order valence-corrected chi connectivity index (χ2v) is 9.10. The molecule has 186 valence electrons. The number of aliphatic hydroxyl groups excluding tert-OH is 4. The third-order valence-corrected chi connectivity index (χ3v) is 6.86. The topological polar surface area (TPSA) is 118 Å². The van der Waals surface area contributed by atoms with Crippen LogP contribution < -0.4 is 4.74 Å². The van der Waals surface area contributed by atoms with Crippen molar-refractivity contribution in [1.82, 2.24) is 0 Å². The van der Waals surface area contributed by atoms with Crippen LogP contribution in [0.2, 0.25) is 5.02 Å². The quantitative estimate of drug-likeness (QED) is 0.460. The first-order valence-corrected chi connectivity index (χ1v) is 11.8. The molecular formula is C25H31ClO8. The molecule has 4 N–H and O–H groups in total. The molecule has 2 aliphatic heterocycles. The highest BCUT2D eigenvalue weighted by atomic mass is 35.5. The lowest BCUT2D eigenvalue weighted by Gasteiger charge is -2.47. The Morgan fingerprint density at radius 2 is 1.74 bits per heavy atom. The molecule has 8 nitrogen and oxygen atoms in total. The minimum Gasteiger partial charge on any atom is -0.490 e. The summed E-state index contributed by atoms with van der Waals surface area (Å²) >= 11 is 6.47. The molecule has 5 atom stereocenters. The summed E-state index contributed by atoms with van der Waals surface area (Å²) in [5.41, 5.74) is 2.16. The molecular weight excluding hydrogens is 464 g/mol. The van der Waals surface area contributed by atoms with E-state index in [1.807, 2.05) is 24.3 Å².